The van der Waals surface area contributed by atoms with E-state index in [9.17, 15) is 8.42 Å². The third-order valence-electron chi connectivity index (χ3n) is 3.45. The summed E-state index contributed by atoms with van der Waals surface area (Å²) < 4.78 is 23.4. The van der Waals surface area contributed by atoms with Crippen LogP contribution in [0.2, 0.25) is 0 Å². The average molecular weight is 304 g/mol. The topological polar surface area (TPSA) is 59.1 Å². The molecule has 2 aromatic rings. The fourth-order valence-electron chi connectivity index (χ4n) is 2.07. The summed E-state index contributed by atoms with van der Waals surface area (Å²) in [7, 11) is -3.12. The highest BCUT2D eigenvalue weighted by Gasteiger charge is 2.10. The molecule has 0 fully saturated rings. The molecule has 1 N–H and O–H groups in total. The van der Waals surface area contributed by atoms with Gasteiger partial charge in [0.25, 0.3) is 0 Å². The number of anilines is 1. The number of sulfone groups is 1. The Bertz CT molecular complexity index is 694. The molecule has 0 unspecified atom stereocenters. The lowest BCUT2D eigenvalue weighted by Crippen LogP contribution is -2.07. The van der Waals surface area contributed by atoms with Crippen LogP contribution in [0.15, 0.2) is 47.6 Å². The number of nitrogens with zero attached hydrogens (tertiary/aromatic N) is 1. The van der Waals surface area contributed by atoms with E-state index in [0.717, 1.165) is 18.7 Å². The molecule has 0 aliphatic rings. The minimum absolute atomic E-state index is 0.126. The minimum Gasteiger partial charge on any atom is -0.385 e. The normalized spacial score (nSPS) is 11.3. The van der Waals surface area contributed by atoms with Crippen molar-refractivity contribution in [3.8, 4) is 0 Å². The monoisotopic (exact) mass is 304 g/mol. The summed E-state index contributed by atoms with van der Waals surface area (Å²) in [5, 5.41) is 3.30. The molecule has 1 heterocycles. The quantitative estimate of drug-likeness (QED) is 0.891. The van der Waals surface area contributed by atoms with Crippen molar-refractivity contribution >= 4 is 15.5 Å². The Hall–Kier alpha value is -1.88. The standard InChI is InChI=1S/C16H20N2O2S/c1-3-21(19,20)16-6-4-15(5-7-16)18-11-9-14-8-10-17-12-13(14)2/h4-8,10,12,18H,3,9,11H2,1-2H3. The minimum atomic E-state index is -3.12. The number of hydrogen-bond donors (Lipinski definition) is 1. The summed E-state index contributed by atoms with van der Waals surface area (Å²) in [4.78, 5) is 4.45. The molecular weight excluding hydrogens is 284 g/mol. The molecule has 2 rings (SSSR count). The van der Waals surface area contributed by atoms with E-state index < -0.39 is 9.84 Å². The van der Waals surface area contributed by atoms with Gasteiger partial charge in [-0.2, -0.15) is 0 Å². The summed E-state index contributed by atoms with van der Waals surface area (Å²) in [5.74, 6) is 0.126. The highest BCUT2D eigenvalue weighted by atomic mass is 32.2. The molecule has 1 aromatic heterocycles. The second-order valence-corrected chi connectivity index (χ2v) is 7.18. The first-order valence-corrected chi connectivity index (χ1v) is 8.64. The highest BCUT2D eigenvalue weighted by Crippen LogP contribution is 2.15. The number of hydrogen-bond acceptors (Lipinski definition) is 4. The summed E-state index contributed by atoms with van der Waals surface area (Å²) in [6.07, 6.45) is 4.57. The Morgan fingerprint density at radius 1 is 1.14 bits per heavy atom. The van der Waals surface area contributed by atoms with Gasteiger partial charge in [-0.25, -0.2) is 8.42 Å². The second kappa shape index (κ2) is 6.72. The molecule has 0 saturated carbocycles. The van der Waals surface area contributed by atoms with Crippen molar-refractivity contribution in [1.29, 1.82) is 0 Å². The van der Waals surface area contributed by atoms with Gasteiger partial charge in [0, 0.05) is 24.6 Å². The molecule has 0 spiro atoms. The average Bonchev–Trinajstić information content (AvgIpc) is 2.50. The molecule has 4 nitrogen and oxygen atoms in total. The van der Waals surface area contributed by atoms with Gasteiger partial charge in [0.2, 0.25) is 0 Å². The molecule has 0 aliphatic heterocycles. The van der Waals surface area contributed by atoms with E-state index in [0.29, 0.717) is 4.90 Å². The lowest BCUT2D eigenvalue weighted by atomic mass is 10.1. The van der Waals surface area contributed by atoms with Crippen LogP contribution >= 0.6 is 0 Å². The van der Waals surface area contributed by atoms with Crippen molar-refractivity contribution in [2.45, 2.75) is 25.2 Å². The van der Waals surface area contributed by atoms with Crippen molar-refractivity contribution in [1.82, 2.24) is 4.98 Å². The lowest BCUT2D eigenvalue weighted by molar-refractivity contribution is 0.597. The van der Waals surface area contributed by atoms with Crippen LogP contribution in [0.4, 0.5) is 5.69 Å². The van der Waals surface area contributed by atoms with Gasteiger partial charge in [-0.1, -0.05) is 6.92 Å². The smallest absolute Gasteiger partial charge is 0.178 e. The van der Waals surface area contributed by atoms with Crippen LogP contribution in [-0.2, 0) is 16.3 Å². The molecule has 5 heteroatoms. The molecule has 0 radical (unpaired) electrons. The van der Waals surface area contributed by atoms with E-state index >= 15 is 0 Å². The van der Waals surface area contributed by atoms with Gasteiger partial charge in [-0.3, -0.25) is 4.98 Å². The van der Waals surface area contributed by atoms with Gasteiger partial charge in [0.05, 0.1) is 10.6 Å². The van der Waals surface area contributed by atoms with Crippen LogP contribution in [0.5, 0.6) is 0 Å². The highest BCUT2D eigenvalue weighted by molar-refractivity contribution is 7.91. The lowest BCUT2D eigenvalue weighted by Gasteiger charge is -2.09. The SMILES string of the molecule is CCS(=O)(=O)c1ccc(NCCc2ccncc2C)cc1. The van der Waals surface area contributed by atoms with E-state index in [1.165, 1.54) is 11.1 Å². The molecule has 0 bridgehead atoms. The molecule has 0 amide bonds. The first-order chi connectivity index (χ1) is 10.0. The van der Waals surface area contributed by atoms with Gasteiger partial charge in [-0.05, 0) is 54.8 Å². The van der Waals surface area contributed by atoms with Gasteiger partial charge in [0.1, 0.15) is 0 Å². The van der Waals surface area contributed by atoms with Gasteiger partial charge >= 0.3 is 0 Å². The van der Waals surface area contributed by atoms with E-state index in [1.54, 1.807) is 25.3 Å². The van der Waals surface area contributed by atoms with Gasteiger partial charge in [-0.15, -0.1) is 0 Å². The third kappa shape index (κ3) is 4.04. The zero-order chi connectivity index (χ0) is 15.3. The Balaban J connectivity index is 1.94. The van der Waals surface area contributed by atoms with E-state index in [4.69, 9.17) is 0 Å². The number of aryl methyl sites for hydroxylation is 1. The second-order valence-electron chi connectivity index (χ2n) is 4.91. The van der Waals surface area contributed by atoms with Crippen LogP contribution in [0.25, 0.3) is 0 Å². The molecule has 0 saturated heterocycles. The van der Waals surface area contributed by atoms with E-state index in [2.05, 4.69) is 10.3 Å². The Morgan fingerprint density at radius 2 is 1.86 bits per heavy atom. The largest absolute Gasteiger partial charge is 0.385 e. The number of benzene rings is 1. The number of pyridine rings is 1. The Kier molecular flexibility index (Phi) is 4.96. The number of aromatic nitrogens is 1. The maximum Gasteiger partial charge on any atom is 0.178 e. The number of nitrogens with one attached hydrogen (secondary N) is 1. The van der Waals surface area contributed by atoms with Gasteiger partial charge in [0.15, 0.2) is 9.84 Å². The first-order valence-electron chi connectivity index (χ1n) is 6.99. The summed E-state index contributed by atoms with van der Waals surface area (Å²) in [5.41, 5.74) is 3.38. The summed E-state index contributed by atoms with van der Waals surface area (Å²) in [6, 6.07) is 8.94. The van der Waals surface area contributed by atoms with Crippen LogP contribution < -0.4 is 5.32 Å². The Morgan fingerprint density at radius 3 is 2.48 bits per heavy atom. The van der Waals surface area contributed by atoms with Crippen molar-refractivity contribution < 1.29 is 8.42 Å². The van der Waals surface area contributed by atoms with E-state index in [1.807, 2.05) is 31.3 Å². The number of rotatable bonds is 6. The van der Waals surface area contributed by atoms with Crippen LogP contribution in [0.3, 0.4) is 0 Å². The fourth-order valence-corrected chi connectivity index (χ4v) is 2.96. The first kappa shape index (κ1) is 15.5. The predicted molar refractivity (Wildman–Crippen MR) is 85.3 cm³/mol. The zero-order valence-corrected chi connectivity index (χ0v) is 13.2. The van der Waals surface area contributed by atoms with Crippen LogP contribution in [-0.4, -0.2) is 25.7 Å². The molecular formula is C16H20N2O2S. The predicted octanol–water partition coefficient (Wildman–Crippen LogP) is 2.84. The molecule has 0 aliphatic carbocycles. The van der Waals surface area contributed by atoms with Crippen LogP contribution in [0.1, 0.15) is 18.1 Å². The third-order valence-corrected chi connectivity index (χ3v) is 5.20. The van der Waals surface area contributed by atoms with Crippen molar-refractivity contribution in [3.63, 3.8) is 0 Å². The maximum atomic E-state index is 11.7. The molecule has 112 valence electrons. The van der Waals surface area contributed by atoms with Gasteiger partial charge < -0.3 is 5.32 Å². The van der Waals surface area contributed by atoms with Crippen molar-refractivity contribution in [2.75, 3.05) is 17.6 Å². The summed E-state index contributed by atoms with van der Waals surface area (Å²) in [6.45, 7) is 4.50. The van der Waals surface area contributed by atoms with E-state index in [-0.39, 0.29) is 5.75 Å². The molecule has 0 atom stereocenters. The molecule has 1 aromatic carbocycles. The Labute approximate surface area is 126 Å². The maximum absolute atomic E-state index is 11.7. The summed E-state index contributed by atoms with van der Waals surface area (Å²) >= 11 is 0. The fraction of sp³-hybridized carbons (Fsp3) is 0.312. The van der Waals surface area contributed by atoms with Crippen molar-refractivity contribution in [2.24, 2.45) is 0 Å². The van der Waals surface area contributed by atoms with Crippen LogP contribution in [0, 0.1) is 6.92 Å². The molecule has 21 heavy (non-hydrogen) atoms. The zero-order valence-electron chi connectivity index (χ0n) is 12.3. The van der Waals surface area contributed by atoms with Crippen molar-refractivity contribution in [3.05, 3.63) is 53.9 Å².